The van der Waals surface area contributed by atoms with Crippen molar-refractivity contribution in [2.45, 2.75) is 31.7 Å². The number of aryl methyl sites for hydroxylation is 1. The van der Waals surface area contributed by atoms with Gasteiger partial charge in [-0.1, -0.05) is 91.0 Å². The molecule has 0 aliphatic rings. The average molecular weight is 401 g/mol. The molecule has 0 radical (unpaired) electrons. The van der Waals surface area contributed by atoms with E-state index in [0.29, 0.717) is 0 Å². The molecule has 2 amide bonds. The number of benzene rings is 3. The molecule has 3 aromatic rings. The number of rotatable bonds is 10. The molecular weight excluding hydrogens is 372 g/mol. The lowest BCUT2D eigenvalue weighted by atomic mass is 9.99. The van der Waals surface area contributed by atoms with Gasteiger partial charge in [-0.25, -0.2) is 0 Å². The van der Waals surface area contributed by atoms with Crippen LogP contribution in [0, 0.1) is 0 Å². The highest BCUT2D eigenvalue weighted by Crippen LogP contribution is 2.19. The quantitative estimate of drug-likeness (QED) is 0.535. The molecule has 0 heterocycles. The Balaban J connectivity index is 1.50. The second kappa shape index (κ2) is 11.6. The molecule has 0 bridgehead atoms. The predicted octanol–water partition coefficient (Wildman–Crippen LogP) is 4.23. The summed E-state index contributed by atoms with van der Waals surface area (Å²) in [5.41, 5.74) is 3.30. The Morgan fingerprint density at radius 1 is 0.700 bits per heavy atom. The summed E-state index contributed by atoms with van der Waals surface area (Å²) in [6.45, 7) is -0.0202. The molecule has 1 unspecified atom stereocenters. The normalized spacial score (nSPS) is 11.5. The van der Waals surface area contributed by atoms with Crippen LogP contribution in [0.3, 0.4) is 0 Å². The lowest BCUT2D eigenvalue weighted by molar-refractivity contribution is -0.126. The van der Waals surface area contributed by atoms with Crippen LogP contribution in [0.25, 0.3) is 0 Å². The van der Waals surface area contributed by atoms with Crippen molar-refractivity contribution in [2.24, 2.45) is 0 Å². The van der Waals surface area contributed by atoms with E-state index in [4.69, 9.17) is 0 Å². The van der Waals surface area contributed by atoms with E-state index in [2.05, 4.69) is 22.8 Å². The van der Waals surface area contributed by atoms with E-state index in [1.54, 1.807) is 0 Å². The van der Waals surface area contributed by atoms with Gasteiger partial charge in [-0.2, -0.15) is 0 Å². The second-order valence-electron chi connectivity index (χ2n) is 7.35. The number of hydrogen-bond acceptors (Lipinski definition) is 2. The lowest BCUT2D eigenvalue weighted by Gasteiger charge is -2.19. The highest BCUT2D eigenvalue weighted by atomic mass is 16.2. The minimum absolute atomic E-state index is 0.0202. The lowest BCUT2D eigenvalue weighted by Crippen LogP contribution is -2.39. The van der Waals surface area contributed by atoms with E-state index in [-0.39, 0.29) is 30.8 Å². The van der Waals surface area contributed by atoms with Gasteiger partial charge in [0.1, 0.15) is 0 Å². The molecule has 30 heavy (non-hydrogen) atoms. The smallest absolute Gasteiger partial charge is 0.239 e. The fourth-order valence-corrected chi connectivity index (χ4v) is 3.43. The standard InChI is InChI=1S/C26H28N2O2/c29-25(19-22-13-6-2-7-14-22)27-20-26(30)28-24(23-16-8-3-9-17-23)18-10-15-21-11-4-1-5-12-21/h1-9,11-14,16-17,24H,10,15,18-20H2,(H,27,29)(H,28,30). The summed E-state index contributed by atoms with van der Waals surface area (Å²) in [4.78, 5) is 24.6. The molecule has 0 spiro atoms. The Kier molecular flexibility index (Phi) is 8.22. The molecule has 0 saturated carbocycles. The zero-order valence-electron chi connectivity index (χ0n) is 17.1. The Hall–Kier alpha value is -3.40. The summed E-state index contributed by atoms with van der Waals surface area (Å²) in [5.74, 6) is -0.332. The van der Waals surface area contributed by atoms with Crippen LogP contribution in [0.5, 0.6) is 0 Å². The molecule has 1 atom stereocenters. The van der Waals surface area contributed by atoms with Crippen LogP contribution >= 0.6 is 0 Å². The van der Waals surface area contributed by atoms with Crippen LogP contribution in [-0.2, 0) is 22.4 Å². The van der Waals surface area contributed by atoms with E-state index < -0.39 is 0 Å². The van der Waals surface area contributed by atoms with Crippen LogP contribution in [0.2, 0.25) is 0 Å². The van der Waals surface area contributed by atoms with Gasteiger partial charge in [-0.3, -0.25) is 9.59 Å². The number of carbonyl (C=O) groups is 2. The van der Waals surface area contributed by atoms with Gasteiger partial charge in [0.15, 0.2) is 0 Å². The molecule has 154 valence electrons. The molecule has 0 saturated heterocycles. The van der Waals surface area contributed by atoms with Crippen molar-refractivity contribution < 1.29 is 9.59 Å². The summed E-state index contributed by atoms with van der Waals surface area (Å²) >= 11 is 0. The van der Waals surface area contributed by atoms with Gasteiger partial charge >= 0.3 is 0 Å². The highest BCUT2D eigenvalue weighted by Gasteiger charge is 2.15. The van der Waals surface area contributed by atoms with E-state index in [1.165, 1.54) is 5.56 Å². The van der Waals surface area contributed by atoms with Crippen molar-refractivity contribution in [2.75, 3.05) is 6.54 Å². The zero-order chi connectivity index (χ0) is 21.0. The molecule has 4 heteroatoms. The van der Waals surface area contributed by atoms with Gasteiger partial charge in [0.25, 0.3) is 0 Å². The Morgan fingerprint density at radius 3 is 1.90 bits per heavy atom. The minimum Gasteiger partial charge on any atom is -0.348 e. The van der Waals surface area contributed by atoms with Crippen molar-refractivity contribution in [3.05, 3.63) is 108 Å². The summed E-state index contributed by atoms with van der Waals surface area (Å²) in [6.07, 6.45) is 3.04. The summed E-state index contributed by atoms with van der Waals surface area (Å²) in [5, 5.41) is 5.80. The molecule has 0 fully saturated rings. The van der Waals surface area contributed by atoms with Gasteiger partial charge in [0, 0.05) is 0 Å². The SMILES string of the molecule is O=C(Cc1ccccc1)NCC(=O)NC(CCCc1ccccc1)c1ccccc1. The largest absolute Gasteiger partial charge is 0.348 e. The number of carbonyl (C=O) groups excluding carboxylic acids is 2. The topological polar surface area (TPSA) is 58.2 Å². The molecule has 0 aliphatic carbocycles. The van der Waals surface area contributed by atoms with E-state index in [1.807, 2.05) is 78.9 Å². The minimum atomic E-state index is -0.176. The fraction of sp³-hybridized carbons (Fsp3) is 0.231. The van der Waals surface area contributed by atoms with Crippen molar-refractivity contribution in [1.29, 1.82) is 0 Å². The molecule has 0 aromatic heterocycles. The first-order valence-corrected chi connectivity index (χ1v) is 10.4. The maximum absolute atomic E-state index is 12.5. The van der Waals surface area contributed by atoms with E-state index >= 15 is 0 Å². The summed E-state index contributed by atoms with van der Waals surface area (Å²) in [7, 11) is 0. The maximum Gasteiger partial charge on any atom is 0.239 e. The highest BCUT2D eigenvalue weighted by molar-refractivity contribution is 5.85. The summed E-state index contributed by atoms with van der Waals surface area (Å²) < 4.78 is 0. The van der Waals surface area contributed by atoms with E-state index in [0.717, 1.165) is 30.4 Å². The molecule has 3 rings (SSSR count). The van der Waals surface area contributed by atoms with Crippen LogP contribution in [0.1, 0.15) is 35.6 Å². The third kappa shape index (κ3) is 7.21. The first kappa shape index (κ1) is 21.3. The van der Waals surface area contributed by atoms with Crippen LogP contribution in [-0.4, -0.2) is 18.4 Å². The Bertz CT molecular complexity index is 912. The predicted molar refractivity (Wildman–Crippen MR) is 120 cm³/mol. The van der Waals surface area contributed by atoms with Gasteiger partial charge in [0.2, 0.25) is 11.8 Å². The molecule has 4 nitrogen and oxygen atoms in total. The molecule has 0 aliphatic heterocycles. The van der Waals surface area contributed by atoms with Gasteiger partial charge in [-0.15, -0.1) is 0 Å². The van der Waals surface area contributed by atoms with Crippen molar-refractivity contribution >= 4 is 11.8 Å². The van der Waals surface area contributed by atoms with E-state index in [9.17, 15) is 9.59 Å². The number of nitrogens with one attached hydrogen (secondary N) is 2. The third-order valence-electron chi connectivity index (χ3n) is 4.99. The Labute approximate surface area is 178 Å². The van der Waals surface area contributed by atoms with Gasteiger partial charge < -0.3 is 10.6 Å². The average Bonchev–Trinajstić information content (AvgIpc) is 2.79. The Morgan fingerprint density at radius 2 is 1.27 bits per heavy atom. The maximum atomic E-state index is 12.5. The zero-order valence-corrected chi connectivity index (χ0v) is 17.1. The first-order chi connectivity index (χ1) is 14.7. The van der Waals surface area contributed by atoms with Crippen LogP contribution < -0.4 is 10.6 Å². The molecule has 3 aromatic carbocycles. The van der Waals surface area contributed by atoms with Crippen molar-refractivity contribution in [1.82, 2.24) is 10.6 Å². The first-order valence-electron chi connectivity index (χ1n) is 10.4. The van der Waals surface area contributed by atoms with Crippen molar-refractivity contribution in [3.63, 3.8) is 0 Å². The van der Waals surface area contributed by atoms with Gasteiger partial charge in [0.05, 0.1) is 19.0 Å². The number of hydrogen-bond donors (Lipinski definition) is 2. The molecule has 2 N–H and O–H groups in total. The monoisotopic (exact) mass is 400 g/mol. The fourth-order valence-electron chi connectivity index (χ4n) is 3.43. The van der Waals surface area contributed by atoms with Gasteiger partial charge in [-0.05, 0) is 36.0 Å². The number of amides is 2. The third-order valence-corrected chi connectivity index (χ3v) is 4.99. The molecular formula is C26H28N2O2. The second-order valence-corrected chi connectivity index (χ2v) is 7.35. The van der Waals surface area contributed by atoms with Crippen molar-refractivity contribution in [3.8, 4) is 0 Å². The van der Waals surface area contributed by atoms with Crippen LogP contribution in [0.4, 0.5) is 0 Å². The van der Waals surface area contributed by atoms with Crippen LogP contribution in [0.15, 0.2) is 91.0 Å². The summed E-state index contributed by atoms with van der Waals surface area (Å²) in [6, 6.07) is 29.8.